The summed E-state index contributed by atoms with van der Waals surface area (Å²) in [6, 6.07) is 0. The first-order chi connectivity index (χ1) is 4.75. The lowest BCUT2D eigenvalue weighted by atomic mass is 10.4. The third-order valence-corrected chi connectivity index (χ3v) is 1.67. The van der Waals surface area contributed by atoms with Crippen LogP contribution in [-0.4, -0.2) is 16.6 Å². The highest BCUT2D eigenvalue weighted by Gasteiger charge is 1.98. The molecule has 0 spiro atoms. The van der Waals surface area contributed by atoms with Gasteiger partial charge in [0.25, 0.3) is 0 Å². The summed E-state index contributed by atoms with van der Waals surface area (Å²) in [4.78, 5) is 4.16. The van der Waals surface area contributed by atoms with Crippen LogP contribution < -0.4 is 5.32 Å². The molecule has 0 aliphatic rings. The standard InChI is InChI=1S/C7H13N3.ClH/c1-6-9-5-7(4-8-2)10(6)3;/h5,8H,4H2,1-3H3;1H. The van der Waals surface area contributed by atoms with Gasteiger partial charge in [-0.05, 0) is 14.0 Å². The van der Waals surface area contributed by atoms with Crippen molar-refractivity contribution in [2.75, 3.05) is 7.05 Å². The molecule has 1 N–H and O–H groups in total. The van der Waals surface area contributed by atoms with E-state index in [4.69, 9.17) is 0 Å². The van der Waals surface area contributed by atoms with Gasteiger partial charge < -0.3 is 9.88 Å². The maximum atomic E-state index is 4.16. The van der Waals surface area contributed by atoms with Crippen molar-refractivity contribution in [3.05, 3.63) is 17.7 Å². The van der Waals surface area contributed by atoms with Gasteiger partial charge in [-0.25, -0.2) is 4.98 Å². The van der Waals surface area contributed by atoms with Gasteiger partial charge in [0.2, 0.25) is 0 Å². The first-order valence-corrected chi connectivity index (χ1v) is 3.37. The summed E-state index contributed by atoms with van der Waals surface area (Å²) in [6.07, 6.45) is 1.89. The lowest BCUT2D eigenvalue weighted by Gasteiger charge is -2.00. The quantitative estimate of drug-likeness (QED) is 0.723. The van der Waals surface area contributed by atoms with E-state index < -0.39 is 0 Å². The predicted molar refractivity (Wildman–Crippen MR) is 48.0 cm³/mol. The number of rotatable bonds is 2. The molecule has 0 saturated heterocycles. The van der Waals surface area contributed by atoms with Crippen molar-refractivity contribution < 1.29 is 0 Å². The molecule has 0 amide bonds. The molecule has 0 aromatic carbocycles. The molecule has 0 radical (unpaired) electrons. The third-order valence-electron chi connectivity index (χ3n) is 1.67. The van der Waals surface area contributed by atoms with E-state index in [2.05, 4.69) is 14.9 Å². The summed E-state index contributed by atoms with van der Waals surface area (Å²) in [5.74, 6) is 1.06. The molecular weight excluding hydrogens is 162 g/mol. The van der Waals surface area contributed by atoms with E-state index in [0.29, 0.717) is 0 Å². The molecule has 64 valence electrons. The van der Waals surface area contributed by atoms with Crippen LogP contribution in [0.1, 0.15) is 11.5 Å². The summed E-state index contributed by atoms with van der Waals surface area (Å²) in [5.41, 5.74) is 1.22. The van der Waals surface area contributed by atoms with Crippen LogP contribution in [0.5, 0.6) is 0 Å². The van der Waals surface area contributed by atoms with Crippen molar-refractivity contribution in [3.63, 3.8) is 0 Å². The minimum absolute atomic E-state index is 0. The number of halogens is 1. The summed E-state index contributed by atoms with van der Waals surface area (Å²) < 4.78 is 2.08. The molecule has 3 nitrogen and oxygen atoms in total. The fourth-order valence-electron chi connectivity index (χ4n) is 0.894. The molecule has 1 rings (SSSR count). The SMILES string of the molecule is CNCc1cnc(C)n1C.Cl. The van der Waals surface area contributed by atoms with Gasteiger partial charge in [-0.1, -0.05) is 0 Å². The largest absolute Gasteiger partial charge is 0.334 e. The fourth-order valence-corrected chi connectivity index (χ4v) is 0.894. The zero-order chi connectivity index (χ0) is 7.56. The molecule has 0 saturated carbocycles. The Kier molecular flexibility index (Phi) is 4.15. The molecule has 0 aliphatic carbocycles. The van der Waals surface area contributed by atoms with E-state index in [-0.39, 0.29) is 12.4 Å². The number of nitrogens with one attached hydrogen (secondary N) is 1. The normalized spacial score (nSPS) is 9.36. The number of hydrogen-bond acceptors (Lipinski definition) is 2. The van der Waals surface area contributed by atoms with E-state index in [9.17, 15) is 0 Å². The molecule has 0 bridgehead atoms. The molecule has 11 heavy (non-hydrogen) atoms. The monoisotopic (exact) mass is 175 g/mol. The van der Waals surface area contributed by atoms with Crippen LogP contribution in [0.15, 0.2) is 6.20 Å². The molecule has 0 aliphatic heterocycles. The number of imidazole rings is 1. The van der Waals surface area contributed by atoms with Gasteiger partial charge in [0.15, 0.2) is 0 Å². The van der Waals surface area contributed by atoms with Crippen LogP contribution in [-0.2, 0) is 13.6 Å². The average Bonchev–Trinajstić information content (AvgIpc) is 2.20. The van der Waals surface area contributed by atoms with Gasteiger partial charge in [0.05, 0.1) is 5.69 Å². The molecule has 0 fully saturated rings. The van der Waals surface area contributed by atoms with Crippen molar-refractivity contribution in [2.45, 2.75) is 13.5 Å². The summed E-state index contributed by atoms with van der Waals surface area (Å²) >= 11 is 0. The summed E-state index contributed by atoms with van der Waals surface area (Å²) in [7, 11) is 3.96. The Hall–Kier alpha value is -0.540. The predicted octanol–water partition coefficient (Wildman–Crippen LogP) is 0.870. The van der Waals surface area contributed by atoms with Crippen LogP contribution in [0.25, 0.3) is 0 Å². The van der Waals surface area contributed by atoms with E-state index in [1.165, 1.54) is 5.69 Å². The second-order valence-electron chi connectivity index (χ2n) is 2.39. The van der Waals surface area contributed by atoms with E-state index >= 15 is 0 Å². The number of nitrogens with zero attached hydrogens (tertiary/aromatic N) is 2. The highest BCUT2D eigenvalue weighted by molar-refractivity contribution is 5.85. The smallest absolute Gasteiger partial charge is 0.105 e. The van der Waals surface area contributed by atoms with Crippen molar-refractivity contribution >= 4 is 12.4 Å². The van der Waals surface area contributed by atoms with Crippen molar-refractivity contribution in [1.29, 1.82) is 0 Å². The minimum atomic E-state index is 0. The van der Waals surface area contributed by atoms with Crippen LogP contribution in [0.3, 0.4) is 0 Å². The second-order valence-corrected chi connectivity index (χ2v) is 2.39. The molecule has 1 aromatic heterocycles. The van der Waals surface area contributed by atoms with Crippen molar-refractivity contribution in [1.82, 2.24) is 14.9 Å². The molecule has 1 aromatic rings. The van der Waals surface area contributed by atoms with Crippen LogP contribution in [0, 0.1) is 6.92 Å². The van der Waals surface area contributed by atoms with Gasteiger partial charge in [-0.15, -0.1) is 12.4 Å². The van der Waals surface area contributed by atoms with Crippen LogP contribution >= 0.6 is 12.4 Å². The van der Waals surface area contributed by atoms with Crippen molar-refractivity contribution in [2.24, 2.45) is 7.05 Å². The Bertz CT molecular complexity index is 219. The zero-order valence-electron chi connectivity index (χ0n) is 7.09. The van der Waals surface area contributed by atoms with Crippen molar-refractivity contribution in [3.8, 4) is 0 Å². The first-order valence-electron chi connectivity index (χ1n) is 3.37. The maximum absolute atomic E-state index is 4.16. The Morgan fingerprint density at radius 2 is 2.27 bits per heavy atom. The lowest BCUT2D eigenvalue weighted by molar-refractivity contribution is 0.721. The minimum Gasteiger partial charge on any atom is -0.334 e. The van der Waals surface area contributed by atoms with Crippen LogP contribution in [0.2, 0.25) is 0 Å². The summed E-state index contributed by atoms with van der Waals surface area (Å²) in [6.45, 7) is 2.89. The number of aromatic nitrogens is 2. The molecule has 1 heterocycles. The highest BCUT2D eigenvalue weighted by Crippen LogP contribution is 1.99. The van der Waals surface area contributed by atoms with Gasteiger partial charge in [0.1, 0.15) is 5.82 Å². The van der Waals surface area contributed by atoms with E-state index in [1.54, 1.807) is 0 Å². The Morgan fingerprint density at radius 1 is 1.64 bits per heavy atom. The van der Waals surface area contributed by atoms with Gasteiger partial charge >= 0.3 is 0 Å². The van der Waals surface area contributed by atoms with E-state index in [1.807, 2.05) is 27.2 Å². The topological polar surface area (TPSA) is 29.9 Å². The van der Waals surface area contributed by atoms with Gasteiger partial charge in [-0.2, -0.15) is 0 Å². The fraction of sp³-hybridized carbons (Fsp3) is 0.571. The molecule has 0 unspecified atom stereocenters. The Balaban J connectivity index is 0.000001000. The maximum Gasteiger partial charge on any atom is 0.105 e. The molecule has 0 atom stereocenters. The van der Waals surface area contributed by atoms with Crippen LogP contribution in [0.4, 0.5) is 0 Å². The Morgan fingerprint density at radius 3 is 2.64 bits per heavy atom. The zero-order valence-corrected chi connectivity index (χ0v) is 7.90. The van der Waals surface area contributed by atoms with Gasteiger partial charge in [-0.3, -0.25) is 0 Å². The Labute approximate surface area is 73.2 Å². The molecular formula is C7H14ClN3. The highest BCUT2D eigenvalue weighted by atomic mass is 35.5. The second kappa shape index (κ2) is 4.36. The average molecular weight is 176 g/mol. The van der Waals surface area contributed by atoms with Gasteiger partial charge in [0, 0.05) is 19.8 Å². The molecule has 4 heteroatoms. The number of hydrogen-bond donors (Lipinski definition) is 1. The third kappa shape index (κ3) is 2.20. The van der Waals surface area contributed by atoms with E-state index in [0.717, 1.165) is 12.4 Å². The first kappa shape index (κ1) is 10.5. The lowest BCUT2D eigenvalue weighted by Crippen LogP contribution is -2.09. The summed E-state index contributed by atoms with van der Waals surface area (Å²) in [5, 5.41) is 3.08. The number of aryl methyl sites for hydroxylation is 1.